The van der Waals surface area contributed by atoms with Gasteiger partial charge in [-0.25, -0.2) is 0 Å². The molecule has 8 nitrogen and oxygen atoms in total. The maximum Gasteiger partial charge on any atom is 0.307 e. The van der Waals surface area contributed by atoms with Gasteiger partial charge in [0.15, 0.2) is 11.6 Å². The van der Waals surface area contributed by atoms with E-state index in [1.165, 1.54) is 0 Å². The van der Waals surface area contributed by atoms with Gasteiger partial charge in [0.25, 0.3) is 0 Å². The molecule has 4 rings (SSSR count). The monoisotopic (exact) mass is 449 g/mol. The Labute approximate surface area is 189 Å². The third-order valence-corrected chi connectivity index (χ3v) is 6.02. The summed E-state index contributed by atoms with van der Waals surface area (Å²) in [5.41, 5.74) is 1.12. The molecule has 1 aromatic rings. The minimum atomic E-state index is -0.751. The number of ether oxygens (including phenoxy) is 6. The Bertz CT molecular complexity index is 784. The van der Waals surface area contributed by atoms with Crippen LogP contribution in [-0.2, 0) is 39.8 Å². The fourth-order valence-corrected chi connectivity index (χ4v) is 4.71. The molecule has 0 unspecified atom stereocenters. The molecular formula is C24H35NO7. The zero-order valence-corrected chi connectivity index (χ0v) is 19.5. The second-order valence-corrected chi connectivity index (χ2v) is 9.48. The molecule has 0 bridgehead atoms. The Balaban J connectivity index is 1.54. The van der Waals surface area contributed by atoms with Crippen LogP contribution in [0.4, 0.5) is 0 Å². The van der Waals surface area contributed by atoms with Crippen molar-refractivity contribution in [2.75, 3.05) is 13.2 Å². The van der Waals surface area contributed by atoms with Crippen LogP contribution in [0.5, 0.6) is 0 Å². The second kappa shape index (κ2) is 9.37. The molecule has 0 amide bonds. The lowest BCUT2D eigenvalue weighted by Crippen LogP contribution is -2.47. The van der Waals surface area contributed by atoms with E-state index in [9.17, 15) is 4.79 Å². The summed E-state index contributed by atoms with van der Waals surface area (Å²) in [5.74, 6) is -1.70. The van der Waals surface area contributed by atoms with E-state index in [4.69, 9.17) is 28.4 Å². The predicted octanol–water partition coefficient (Wildman–Crippen LogP) is 2.54. The summed E-state index contributed by atoms with van der Waals surface area (Å²) in [6.07, 6.45) is -1.55. The number of carbonyl (C=O) groups is 1. The zero-order valence-electron chi connectivity index (χ0n) is 19.5. The lowest BCUT2D eigenvalue weighted by atomic mass is 9.98. The molecule has 1 aromatic carbocycles. The highest BCUT2D eigenvalue weighted by atomic mass is 16.8. The zero-order chi connectivity index (χ0) is 22.9. The molecule has 0 radical (unpaired) electrons. The fourth-order valence-electron chi connectivity index (χ4n) is 4.71. The van der Waals surface area contributed by atoms with E-state index < -0.39 is 17.7 Å². The first-order chi connectivity index (χ1) is 15.2. The molecule has 0 aromatic heterocycles. The van der Waals surface area contributed by atoms with Gasteiger partial charge in [-0.3, -0.25) is 4.79 Å². The van der Waals surface area contributed by atoms with Gasteiger partial charge < -0.3 is 33.7 Å². The van der Waals surface area contributed by atoms with Gasteiger partial charge >= 0.3 is 5.97 Å². The number of carbonyl (C=O) groups excluding carboxylic acids is 1. The maximum absolute atomic E-state index is 12.4. The van der Waals surface area contributed by atoms with Gasteiger partial charge in [0.2, 0.25) is 0 Å². The van der Waals surface area contributed by atoms with Crippen LogP contribution in [0.3, 0.4) is 0 Å². The van der Waals surface area contributed by atoms with Gasteiger partial charge in [0, 0.05) is 12.6 Å². The summed E-state index contributed by atoms with van der Waals surface area (Å²) in [5, 5.41) is 3.50. The number of esters is 1. The number of nitrogens with one attached hydrogen (secondary N) is 1. The molecule has 0 saturated carbocycles. The van der Waals surface area contributed by atoms with E-state index in [0.717, 1.165) is 5.56 Å². The summed E-state index contributed by atoms with van der Waals surface area (Å²) in [4.78, 5) is 12.4. The first-order valence-corrected chi connectivity index (χ1v) is 11.4. The van der Waals surface area contributed by atoms with Gasteiger partial charge in [-0.2, -0.15) is 0 Å². The van der Waals surface area contributed by atoms with Gasteiger partial charge in [-0.1, -0.05) is 30.3 Å². The van der Waals surface area contributed by atoms with E-state index in [1.54, 1.807) is 6.92 Å². The van der Waals surface area contributed by atoms with Crippen molar-refractivity contribution in [3.8, 4) is 0 Å². The lowest BCUT2D eigenvalue weighted by molar-refractivity contribution is -0.209. The third kappa shape index (κ3) is 5.32. The van der Waals surface area contributed by atoms with Gasteiger partial charge in [0.05, 0.1) is 19.6 Å². The van der Waals surface area contributed by atoms with Crippen molar-refractivity contribution in [3.63, 3.8) is 0 Å². The number of hydrogen-bond donors (Lipinski definition) is 1. The van der Waals surface area contributed by atoms with Crippen LogP contribution in [0, 0.1) is 0 Å². The van der Waals surface area contributed by atoms with E-state index in [0.29, 0.717) is 19.8 Å². The highest BCUT2D eigenvalue weighted by molar-refractivity contribution is 5.70. The fraction of sp³-hybridized carbons (Fsp3) is 0.708. The predicted molar refractivity (Wildman–Crippen MR) is 116 cm³/mol. The molecular weight excluding hydrogens is 414 g/mol. The van der Waals surface area contributed by atoms with Crippen LogP contribution in [-0.4, -0.2) is 67.3 Å². The largest absolute Gasteiger partial charge is 0.466 e. The second-order valence-electron chi connectivity index (χ2n) is 9.48. The Hall–Kier alpha value is -1.55. The topological polar surface area (TPSA) is 84.5 Å². The molecule has 3 aliphatic rings. The van der Waals surface area contributed by atoms with Crippen molar-refractivity contribution in [1.29, 1.82) is 0 Å². The van der Waals surface area contributed by atoms with Crippen molar-refractivity contribution in [3.05, 3.63) is 35.9 Å². The van der Waals surface area contributed by atoms with Crippen molar-refractivity contribution >= 4 is 5.97 Å². The smallest absolute Gasteiger partial charge is 0.307 e. The van der Waals surface area contributed by atoms with Crippen molar-refractivity contribution in [2.24, 2.45) is 0 Å². The summed E-state index contributed by atoms with van der Waals surface area (Å²) >= 11 is 0. The minimum Gasteiger partial charge on any atom is -0.466 e. The Kier molecular flexibility index (Phi) is 6.91. The number of benzene rings is 1. The molecule has 0 spiro atoms. The van der Waals surface area contributed by atoms with Crippen molar-refractivity contribution < 1.29 is 33.2 Å². The van der Waals surface area contributed by atoms with Gasteiger partial charge in [0.1, 0.15) is 30.5 Å². The normalized spacial score (nSPS) is 33.7. The van der Waals surface area contributed by atoms with Crippen LogP contribution >= 0.6 is 0 Å². The van der Waals surface area contributed by atoms with E-state index in [-0.39, 0.29) is 42.8 Å². The molecule has 3 fully saturated rings. The lowest BCUT2D eigenvalue weighted by Gasteiger charge is -2.30. The number of hydrogen-bond acceptors (Lipinski definition) is 8. The van der Waals surface area contributed by atoms with Crippen molar-refractivity contribution in [1.82, 2.24) is 5.32 Å². The molecule has 3 saturated heterocycles. The highest BCUT2D eigenvalue weighted by Gasteiger charge is 2.60. The van der Waals surface area contributed by atoms with Crippen LogP contribution in [0.1, 0.15) is 46.6 Å². The molecule has 32 heavy (non-hydrogen) atoms. The van der Waals surface area contributed by atoms with E-state index in [1.807, 2.05) is 58.0 Å². The van der Waals surface area contributed by atoms with Crippen LogP contribution in [0.15, 0.2) is 30.3 Å². The summed E-state index contributed by atoms with van der Waals surface area (Å²) in [6, 6.07) is 9.72. The Morgan fingerprint density at radius 2 is 1.78 bits per heavy atom. The molecule has 8 heteroatoms. The number of fused-ring (bicyclic) bond motifs is 1. The molecule has 3 heterocycles. The maximum atomic E-state index is 12.4. The van der Waals surface area contributed by atoms with Gasteiger partial charge in [-0.15, -0.1) is 0 Å². The van der Waals surface area contributed by atoms with Crippen molar-refractivity contribution in [2.45, 2.75) is 95.7 Å². The van der Waals surface area contributed by atoms with Gasteiger partial charge in [-0.05, 0) is 40.2 Å². The first kappa shape index (κ1) is 23.6. The minimum absolute atomic E-state index is 0.165. The Morgan fingerprint density at radius 3 is 2.44 bits per heavy atom. The van der Waals surface area contributed by atoms with E-state index >= 15 is 0 Å². The molecule has 0 aliphatic carbocycles. The third-order valence-electron chi connectivity index (χ3n) is 6.02. The first-order valence-electron chi connectivity index (χ1n) is 11.4. The standard InChI is InChI=1S/C24H35NO7/c1-6-27-18(26)12-16(25-13-15-10-8-7-9-11-15)19-21-22(32-24(4,5)31-21)20(29-19)17-14-28-23(2,3)30-17/h7-11,16-17,19-22,25H,6,12-14H2,1-5H3/t16-,17+,19+,20+,21+,22-/m0/s1. The highest BCUT2D eigenvalue weighted by Crippen LogP contribution is 2.43. The molecule has 3 aliphatic heterocycles. The molecule has 1 N–H and O–H groups in total. The average Bonchev–Trinajstić information content (AvgIpc) is 3.35. The average molecular weight is 450 g/mol. The number of rotatable bonds is 8. The quantitative estimate of drug-likeness (QED) is 0.606. The van der Waals surface area contributed by atoms with Crippen LogP contribution in [0.2, 0.25) is 0 Å². The summed E-state index contributed by atoms with van der Waals surface area (Å²) < 4.78 is 36.1. The van der Waals surface area contributed by atoms with E-state index in [2.05, 4.69) is 5.32 Å². The SMILES string of the molecule is CCOC(=O)C[C@H](NCc1ccccc1)[C@H]1O[C@H]([C@H]2COC(C)(C)O2)[C@@H]2OC(C)(C)O[C@@H]21. The Morgan fingerprint density at radius 1 is 1.06 bits per heavy atom. The molecule has 178 valence electrons. The summed E-state index contributed by atoms with van der Waals surface area (Å²) in [7, 11) is 0. The summed E-state index contributed by atoms with van der Waals surface area (Å²) in [6.45, 7) is 10.7. The van der Waals surface area contributed by atoms with Crippen LogP contribution in [0.25, 0.3) is 0 Å². The molecule has 6 atom stereocenters. The van der Waals surface area contributed by atoms with Crippen LogP contribution < -0.4 is 5.32 Å².